The van der Waals surface area contributed by atoms with Crippen molar-refractivity contribution in [3.8, 4) is 0 Å². The Bertz CT molecular complexity index is 193. The third-order valence-corrected chi connectivity index (χ3v) is 1.35. The molecule has 0 fully saturated rings. The van der Waals surface area contributed by atoms with Crippen LogP contribution in [-0.2, 0) is 6.42 Å². The van der Waals surface area contributed by atoms with Crippen molar-refractivity contribution in [2.24, 2.45) is 5.73 Å². The fourth-order valence-corrected chi connectivity index (χ4v) is 0.818. The predicted molar refractivity (Wildman–Crippen MR) is 45.9 cm³/mol. The van der Waals surface area contributed by atoms with Crippen molar-refractivity contribution < 1.29 is 4.39 Å². The second kappa shape index (κ2) is 4.85. The van der Waals surface area contributed by atoms with Gasteiger partial charge in [0, 0.05) is 0 Å². The average Bonchev–Trinajstić information content (AvgIpc) is 1.95. The topological polar surface area (TPSA) is 26.0 Å². The van der Waals surface area contributed by atoms with Crippen LogP contribution in [0.25, 0.3) is 0 Å². The quantitative estimate of drug-likeness (QED) is 0.694. The van der Waals surface area contributed by atoms with Crippen molar-refractivity contribution in [1.82, 2.24) is 0 Å². The minimum absolute atomic E-state index is 0. The van der Waals surface area contributed by atoms with Crippen molar-refractivity contribution in [2.75, 3.05) is 6.54 Å². The van der Waals surface area contributed by atoms with Gasteiger partial charge in [-0.05, 0) is 30.7 Å². The minimum Gasteiger partial charge on any atom is -0.330 e. The molecule has 2 N–H and O–H groups in total. The SMILES string of the molecule is C.NCCc1ccc(F)cc1. The molecule has 2 heteroatoms. The van der Waals surface area contributed by atoms with Gasteiger partial charge < -0.3 is 5.73 Å². The lowest BCUT2D eigenvalue weighted by Gasteiger charge is -1.95. The number of halogens is 1. The molecule has 0 heterocycles. The van der Waals surface area contributed by atoms with Gasteiger partial charge in [0.15, 0.2) is 0 Å². The van der Waals surface area contributed by atoms with Crippen molar-refractivity contribution in [3.05, 3.63) is 35.6 Å². The Morgan fingerprint density at radius 1 is 1.18 bits per heavy atom. The Labute approximate surface area is 67.0 Å². The third kappa shape index (κ3) is 3.14. The first-order valence-corrected chi connectivity index (χ1v) is 3.27. The van der Waals surface area contributed by atoms with E-state index in [4.69, 9.17) is 5.73 Å². The first kappa shape index (κ1) is 10.1. The van der Waals surface area contributed by atoms with Crippen LogP contribution in [0.5, 0.6) is 0 Å². The van der Waals surface area contributed by atoms with Crippen molar-refractivity contribution in [3.63, 3.8) is 0 Å². The number of nitrogens with two attached hydrogens (primary N) is 1. The molecule has 0 unspecified atom stereocenters. The van der Waals surface area contributed by atoms with Gasteiger partial charge in [-0.15, -0.1) is 0 Å². The number of benzene rings is 1. The molecule has 1 rings (SSSR count). The van der Waals surface area contributed by atoms with Gasteiger partial charge in [-0.2, -0.15) is 0 Å². The molecule has 0 amide bonds. The highest BCUT2D eigenvalue weighted by atomic mass is 19.1. The lowest BCUT2D eigenvalue weighted by Crippen LogP contribution is -2.02. The van der Waals surface area contributed by atoms with Gasteiger partial charge in [0.25, 0.3) is 0 Å². The van der Waals surface area contributed by atoms with Crippen LogP contribution >= 0.6 is 0 Å². The Kier molecular flexibility index (Phi) is 4.46. The molecule has 0 aliphatic carbocycles. The molecular formula is C9H14FN. The molecule has 11 heavy (non-hydrogen) atoms. The van der Waals surface area contributed by atoms with E-state index in [2.05, 4.69) is 0 Å². The van der Waals surface area contributed by atoms with E-state index in [0.29, 0.717) is 6.54 Å². The fourth-order valence-electron chi connectivity index (χ4n) is 0.818. The minimum atomic E-state index is -0.194. The zero-order chi connectivity index (χ0) is 7.40. The predicted octanol–water partition coefficient (Wildman–Crippen LogP) is 1.96. The highest BCUT2D eigenvalue weighted by Gasteiger charge is 1.90. The van der Waals surface area contributed by atoms with Gasteiger partial charge in [0.1, 0.15) is 5.82 Å². The van der Waals surface area contributed by atoms with Gasteiger partial charge in [-0.25, -0.2) is 4.39 Å². The second-order valence-corrected chi connectivity index (χ2v) is 2.17. The number of hydrogen-bond donors (Lipinski definition) is 1. The number of rotatable bonds is 2. The molecule has 62 valence electrons. The van der Waals surface area contributed by atoms with Crippen molar-refractivity contribution in [2.45, 2.75) is 13.8 Å². The molecule has 1 aromatic rings. The Balaban J connectivity index is 0.000001000. The highest BCUT2D eigenvalue weighted by molar-refractivity contribution is 5.16. The van der Waals surface area contributed by atoms with E-state index in [1.807, 2.05) is 0 Å². The Hall–Kier alpha value is -0.890. The molecule has 1 aromatic carbocycles. The monoisotopic (exact) mass is 155 g/mol. The number of hydrogen-bond acceptors (Lipinski definition) is 1. The molecule has 0 aromatic heterocycles. The van der Waals surface area contributed by atoms with Crippen LogP contribution < -0.4 is 5.73 Å². The zero-order valence-corrected chi connectivity index (χ0v) is 5.68. The smallest absolute Gasteiger partial charge is 0.123 e. The fraction of sp³-hybridized carbons (Fsp3) is 0.333. The van der Waals surface area contributed by atoms with E-state index in [-0.39, 0.29) is 13.2 Å². The van der Waals surface area contributed by atoms with Crippen LogP contribution in [0.4, 0.5) is 4.39 Å². The molecule has 0 saturated carbocycles. The first-order valence-electron chi connectivity index (χ1n) is 3.27. The lowest BCUT2D eigenvalue weighted by molar-refractivity contribution is 0.627. The largest absolute Gasteiger partial charge is 0.330 e. The van der Waals surface area contributed by atoms with Crippen molar-refractivity contribution >= 4 is 0 Å². The van der Waals surface area contributed by atoms with Gasteiger partial charge in [-0.1, -0.05) is 19.6 Å². The average molecular weight is 155 g/mol. The first-order chi connectivity index (χ1) is 4.83. The Morgan fingerprint density at radius 3 is 2.18 bits per heavy atom. The molecule has 0 aliphatic rings. The normalized spacial score (nSPS) is 8.91. The molecule has 1 nitrogen and oxygen atoms in total. The van der Waals surface area contributed by atoms with E-state index in [0.717, 1.165) is 12.0 Å². The van der Waals surface area contributed by atoms with Crippen LogP contribution in [0.2, 0.25) is 0 Å². The summed E-state index contributed by atoms with van der Waals surface area (Å²) in [4.78, 5) is 0. The molecule has 0 aliphatic heterocycles. The van der Waals surface area contributed by atoms with Gasteiger partial charge in [0.05, 0.1) is 0 Å². The van der Waals surface area contributed by atoms with E-state index >= 15 is 0 Å². The van der Waals surface area contributed by atoms with Crippen LogP contribution in [-0.4, -0.2) is 6.54 Å². The molecule has 0 radical (unpaired) electrons. The summed E-state index contributed by atoms with van der Waals surface area (Å²) in [5.41, 5.74) is 6.39. The summed E-state index contributed by atoms with van der Waals surface area (Å²) in [6.45, 7) is 0.617. The summed E-state index contributed by atoms with van der Waals surface area (Å²) in [5, 5.41) is 0. The van der Waals surface area contributed by atoms with Crippen LogP contribution in [0.3, 0.4) is 0 Å². The lowest BCUT2D eigenvalue weighted by atomic mass is 10.1. The molecule has 0 bridgehead atoms. The summed E-state index contributed by atoms with van der Waals surface area (Å²) in [6.07, 6.45) is 0.820. The van der Waals surface area contributed by atoms with E-state index < -0.39 is 0 Å². The third-order valence-electron chi connectivity index (χ3n) is 1.35. The van der Waals surface area contributed by atoms with Crippen LogP contribution in [0.15, 0.2) is 24.3 Å². The van der Waals surface area contributed by atoms with E-state index in [1.165, 1.54) is 12.1 Å². The van der Waals surface area contributed by atoms with Gasteiger partial charge >= 0.3 is 0 Å². The summed E-state index contributed by atoms with van der Waals surface area (Å²) < 4.78 is 12.3. The summed E-state index contributed by atoms with van der Waals surface area (Å²) in [5.74, 6) is -0.194. The summed E-state index contributed by atoms with van der Waals surface area (Å²) in [7, 11) is 0. The van der Waals surface area contributed by atoms with Crippen LogP contribution in [0, 0.1) is 5.82 Å². The maximum atomic E-state index is 12.3. The molecule has 0 spiro atoms. The molecular weight excluding hydrogens is 141 g/mol. The standard InChI is InChI=1S/C8H10FN.CH4/c9-8-3-1-7(2-4-8)5-6-10;/h1-4H,5-6,10H2;1H4. The second-order valence-electron chi connectivity index (χ2n) is 2.17. The van der Waals surface area contributed by atoms with E-state index in [9.17, 15) is 4.39 Å². The van der Waals surface area contributed by atoms with Gasteiger partial charge in [-0.3, -0.25) is 0 Å². The van der Waals surface area contributed by atoms with E-state index in [1.54, 1.807) is 12.1 Å². The maximum absolute atomic E-state index is 12.3. The van der Waals surface area contributed by atoms with Crippen LogP contribution in [0.1, 0.15) is 13.0 Å². The van der Waals surface area contributed by atoms with Gasteiger partial charge in [0.2, 0.25) is 0 Å². The zero-order valence-electron chi connectivity index (χ0n) is 5.68. The maximum Gasteiger partial charge on any atom is 0.123 e. The molecule has 0 atom stereocenters. The summed E-state index contributed by atoms with van der Waals surface area (Å²) in [6, 6.07) is 6.40. The van der Waals surface area contributed by atoms with Crippen molar-refractivity contribution in [1.29, 1.82) is 0 Å². The Morgan fingerprint density at radius 2 is 1.73 bits per heavy atom. The molecule has 0 saturated heterocycles. The highest BCUT2D eigenvalue weighted by Crippen LogP contribution is 2.01. The summed E-state index contributed by atoms with van der Waals surface area (Å²) >= 11 is 0.